The molecule has 0 bridgehead atoms. The van der Waals surface area contributed by atoms with Crippen molar-refractivity contribution in [1.29, 1.82) is 0 Å². The highest BCUT2D eigenvalue weighted by molar-refractivity contribution is 6.32. The van der Waals surface area contributed by atoms with Gasteiger partial charge in [-0.25, -0.2) is 8.78 Å². The Morgan fingerprint density at radius 1 is 1.05 bits per heavy atom. The number of carbonyl (C=O) groups is 1. The average molecular weight is 279 g/mol. The standard InChI is InChI=1S/C15H9ClF2O/c16-13-2-1-3-14(18)12(13)8-9-15(19)10-4-6-11(17)7-5-10/h1-9H. The monoisotopic (exact) mass is 278 g/mol. The summed E-state index contributed by atoms with van der Waals surface area (Å²) in [5.74, 6) is -1.27. The molecule has 0 aliphatic heterocycles. The van der Waals surface area contributed by atoms with Gasteiger partial charge in [-0.1, -0.05) is 17.7 Å². The first-order valence-electron chi connectivity index (χ1n) is 5.50. The van der Waals surface area contributed by atoms with E-state index in [9.17, 15) is 13.6 Å². The van der Waals surface area contributed by atoms with Gasteiger partial charge in [0.15, 0.2) is 5.78 Å². The van der Waals surface area contributed by atoms with Crippen LogP contribution in [-0.2, 0) is 0 Å². The summed E-state index contributed by atoms with van der Waals surface area (Å²) in [6.07, 6.45) is 2.51. The van der Waals surface area contributed by atoms with E-state index in [2.05, 4.69) is 0 Å². The van der Waals surface area contributed by atoms with Crippen molar-refractivity contribution in [3.63, 3.8) is 0 Å². The summed E-state index contributed by atoms with van der Waals surface area (Å²) in [5.41, 5.74) is 0.477. The molecule has 2 rings (SSSR count). The van der Waals surface area contributed by atoms with Gasteiger partial charge in [0.25, 0.3) is 0 Å². The van der Waals surface area contributed by atoms with Crippen LogP contribution in [-0.4, -0.2) is 5.78 Å². The van der Waals surface area contributed by atoms with Crippen LogP contribution in [0.25, 0.3) is 6.08 Å². The lowest BCUT2D eigenvalue weighted by Gasteiger charge is -1.99. The highest BCUT2D eigenvalue weighted by Crippen LogP contribution is 2.20. The molecule has 0 unspecified atom stereocenters. The lowest BCUT2D eigenvalue weighted by atomic mass is 10.1. The lowest BCUT2D eigenvalue weighted by molar-refractivity contribution is 0.104. The fourth-order valence-corrected chi connectivity index (χ4v) is 1.77. The summed E-state index contributed by atoms with van der Waals surface area (Å²) >= 11 is 5.83. The van der Waals surface area contributed by atoms with E-state index in [4.69, 9.17) is 11.6 Å². The number of ketones is 1. The normalized spacial score (nSPS) is 10.9. The maximum absolute atomic E-state index is 13.5. The molecule has 0 saturated heterocycles. The van der Waals surface area contributed by atoms with Gasteiger partial charge < -0.3 is 0 Å². The zero-order chi connectivity index (χ0) is 13.8. The largest absolute Gasteiger partial charge is 0.289 e. The van der Waals surface area contributed by atoms with Gasteiger partial charge in [0, 0.05) is 11.1 Å². The van der Waals surface area contributed by atoms with Crippen LogP contribution in [0.2, 0.25) is 5.02 Å². The number of halogens is 3. The zero-order valence-corrected chi connectivity index (χ0v) is 10.5. The molecular weight excluding hydrogens is 270 g/mol. The van der Waals surface area contributed by atoms with Gasteiger partial charge in [0.1, 0.15) is 11.6 Å². The van der Waals surface area contributed by atoms with Gasteiger partial charge >= 0.3 is 0 Å². The summed E-state index contributed by atoms with van der Waals surface area (Å²) in [5, 5.41) is 0.225. The Hall–Kier alpha value is -2.00. The van der Waals surface area contributed by atoms with Gasteiger partial charge in [0.2, 0.25) is 0 Å². The second-order valence-corrected chi connectivity index (χ2v) is 4.25. The highest BCUT2D eigenvalue weighted by atomic mass is 35.5. The van der Waals surface area contributed by atoms with Crippen LogP contribution in [0.15, 0.2) is 48.5 Å². The van der Waals surface area contributed by atoms with Gasteiger partial charge in [-0.2, -0.15) is 0 Å². The third kappa shape index (κ3) is 3.26. The molecule has 0 aliphatic carbocycles. The first kappa shape index (κ1) is 13.4. The van der Waals surface area contributed by atoms with E-state index in [1.165, 1.54) is 54.6 Å². The van der Waals surface area contributed by atoms with E-state index in [0.717, 1.165) is 0 Å². The first-order chi connectivity index (χ1) is 9.08. The quantitative estimate of drug-likeness (QED) is 0.596. The van der Waals surface area contributed by atoms with Crippen LogP contribution in [0.4, 0.5) is 8.78 Å². The second kappa shape index (κ2) is 5.76. The van der Waals surface area contributed by atoms with E-state index < -0.39 is 11.6 Å². The molecule has 0 spiro atoms. The summed E-state index contributed by atoms with van der Waals surface area (Å²) < 4.78 is 26.2. The van der Waals surface area contributed by atoms with Crippen molar-refractivity contribution in [3.05, 3.63) is 76.3 Å². The minimum absolute atomic E-state index is 0.152. The van der Waals surface area contributed by atoms with Crippen molar-refractivity contribution < 1.29 is 13.6 Å². The molecule has 0 atom stereocenters. The topological polar surface area (TPSA) is 17.1 Å². The number of hydrogen-bond acceptors (Lipinski definition) is 1. The van der Waals surface area contributed by atoms with E-state index in [-0.39, 0.29) is 16.4 Å². The number of benzene rings is 2. The molecule has 96 valence electrons. The average Bonchev–Trinajstić information content (AvgIpc) is 2.38. The summed E-state index contributed by atoms with van der Waals surface area (Å²) in [7, 11) is 0. The Morgan fingerprint density at radius 2 is 1.74 bits per heavy atom. The summed E-state index contributed by atoms with van der Waals surface area (Å²) in [4.78, 5) is 11.8. The van der Waals surface area contributed by atoms with Crippen molar-refractivity contribution >= 4 is 23.5 Å². The molecule has 0 aromatic heterocycles. The molecule has 19 heavy (non-hydrogen) atoms. The fraction of sp³-hybridized carbons (Fsp3) is 0. The van der Waals surface area contributed by atoms with Crippen LogP contribution < -0.4 is 0 Å². The zero-order valence-electron chi connectivity index (χ0n) is 9.74. The third-order valence-electron chi connectivity index (χ3n) is 2.53. The predicted molar refractivity (Wildman–Crippen MR) is 71.2 cm³/mol. The van der Waals surface area contributed by atoms with Gasteiger partial charge in [0.05, 0.1) is 5.02 Å². The van der Waals surface area contributed by atoms with Crippen molar-refractivity contribution in [2.45, 2.75) is 0 Å². The van der Waals surface area contributed by atoms with Gasteiger partial charge in [-0.15, -0.1) is 0 Å². The Kier molecular flexibility index (Phi) is 4.07. The highest BCUT2D eigenvalue weighted by Gasteiger charge is 2.05. The molecule has 0 aliphatic rings. The predicted octanol–water partition coefficient (Wildman–Crippen LogP) is 4.51. The molecule has 0 saturated carbocycles. The summed E-state index contributed by atoms with van der Waals surface area (Å²) in [6, 6.07) is 9.39. The first-order valence-corrected chi connectivity index (χ1v) is 5.88. The van der Waals surface area contributed by atoms with Crippen LogP contribution in [0.5, 0.6) is 0 Å². The van der Waals surface area contributed by atoms with Gasteiger partial charge in [-0.05, 0) is 48.6 Å². The maximum Gasteiger partial charge on any atom is 0.185 e. The molecule has 4 heteroatoms. The second-order valence-electron chi connectivity index (χ2n) is 3.84. The van der Waals surface area contributed by atoms with Crippen LogP contribution in [0.1, 0.15) is 15.9 Å². The molecule has 2 aromatic rings. The number of carbonyl (C=O) groups excluding carboxylic acids is 1. The smallest absolute Gasteiger partial charge is 0.185 e. The Morgan fingerprint density at radius 3 is 2.37 bits per heavy atom. The lowest BCUT2D eigenvalue weighted by Crippen LogP contribution is -1.94. The Balaban J connectivity index is 2.23. The minimum Gasteiger partial charge on any atom is -0.289 e. The van der Waals surface area contributed by atoms with Crippen molar-refractivity contribution in [2.24, 2.45) is 0 Å². The number of rotatable bonds is 3. The van der Waals surface area contributed by atoms with E-state index in [1.807, 2.05) is 0 Å². The molecule has 0 N–H and O–H groups in total. The molecule has 0 fully saturated rings. The van der Waals surface area contributed by atoms with E-state index in [1.54, 1.807) is 0 Å². The van der Waals surface area contributed by atoms with Gasteiger partial charge in [-0.3, -0.25) is 4.79 Å². The third-order valence-corrected chi connectivity index (χ3v) is 2.86. The molecule has 2 aromatic carbocycles. The minimum atomic E-state index is -0.504. The van der Waals surface area contributed by atoms with Crippen LogP contribution in [0.3, 0.4) is 0 Å². The van der Waals surface area contributed by atoms with Crippen LogP contribution >= 0.6 is 11.6 Å². The van der Waals surface area contributed by atoms with E-state index in [0.29, 0.717) is 5.56 Å². The van der Waals surface area contributed by atoms with Crippen LogP contribution in [0, 0.1) is 11.6 Å². The molecular formula is C15H9ClF2O. The Labute approximate surface area is 114 Å². The molecule has 0 heterocycles. The molecule has 0 amide bonds. The maximum atomic E-state index is 13.5. The van der Waals surface area contributed by atoms with Crippen molar-refractivity contribution in [1.82, 2.24) is 0 Å². The fourth-order valence-electron chi connectivity index (χ4n) is 1.54. The van der Waals surface area contributed by atoms with Crippen molar-refractivity contribution in [3.8, 4) is 0 Å². The number of allylic oxidation sites excluding steroid dienone is 1. The van der Waals surface area contributed by atoms with Crippen molar-refractivity contribution in [2.75, 3.05) is 0 Å². The number of hydrogen-bond donors (Lipinski definition) is 0. The Bertz CT molecular complexity index is 613. The SMILES string of the molecule is O=C(C=Cc1c(F)cccc1Cl)c1ccc(F)cc1. The van der Waals surface area contributed by atoms with E-state index >= 15 is 0 Å². The summed E-state index contributed by atoms with van der Waals surface area (Å²) in [6.45, 7) is 0. The molecule has 0 radical (unpaired) electrons. The molecule has 1 nitrogen and oxygen atoms in total.